The second kappa shape index (κ2) is 23.2. The van der Waals surface area contributed by atoms with Crippen LogP contribution >= 0.6 is 19.2 Å². The Kier molecular flexibility index (Phi) is 20.3. The molecule has 0 aliphatic heterocycles. The first kappa shape index (κ1) is 35.9. The van der Waals surface area contributed by atoms with E-state index in [-0.39, 0.29) is 6.61 Å². The van der Waals surface area contributed by atoms with Crippen LogP contribution in [0.25, 0.3) is 0 Å². The summed E-state index contributed by atoms with van der Waals surface area (Å²) in [5, 5.41) is 1.97. The van der Waals surface area contributed by atoms with Gasteiger partial charge in [0, 0.05) is 13.7 Å². The first-order valence-corrected chi connectivity index (χ1v) is 18.2. The average Bonchev–Trinajstić information content (AvgIpc) is 3.48. The van der Waals surface area contributed by atoms with Crippen molar-refractivity contribution in [2.75, 3.05) is 26.9 Å². The van der Waals surface area contributed by atoms with E-state index >= 15 is 0 Å². The third kappa shape index (κ3) is 18.1. The number of nitrogens with zero attached hydrogens (tertiary/aromatic N) is 1. The number of phosphoric ester groups is 1. The normalized spacial score (nSPS) is 13.7. The van der Waals surface area contributed by atoms with Crippen LogP contribution in [0, 0.1) is 0 Å². The van der Waals surface area contributed by atoms with Gasteiger partial charge in [-0.15, -0.1) is 0 Å². The molecule has 0 radical (unpaired) electrons. The van der Waals surface area contributed by atoms with Gasteiger partial charge in [-0.05, 0) is 18.6 Å². The molecule has 0 aliphatic rings. The van der Waals surface area contributed by atoms with Crippen LogP contribution in [0.2, 0.25) is 0 Å². The molecule has 0 saturated heterocycles. The van der Waals surface area contributed by atoms with Gasteiger partial charge >= 0.3 is 7.82 Å². The van der Waals surface area contributed by atoms with Crippen molar-refractivity contribution in [2.24, 2.45) is 0 Å². The molecular weight excluding hydrogens is 557 g/mol. The number of hydrogen-bond acceptors (Lipinski definition) is 6. The Morgan fingerprint density at radius 2 is 1.44 bits per heavy atom. The van der Waals surface area contributed by atoms with E-state index in [1.54, 1.807) is 30.6 Å². The Bertz CT molecular complexity index is 929. The molecule has 7 nitrogen and oxygen atoms in total. The average molecular weight is 613 g/mol. The maximum Gasteiger partial charge on any atom is 0.527 e. The fourth-order valence-electron chi connectivity index (χ4n) is 4.75. The lowest BCUT2D eigenvalue weighted by Crippen LogP contribution is -2.30. The minimum absolute atomic E-state index is 0.0926. The van der Waals surface area contributed by atoms with Gasteiger partial charge in [0.15, 0.2) is 12.7 Å². The van der Waals surface area contributed by atoms with Gasteiger partial charge in [-0.25, -0.2) is 4.57 Å². The molecule has 2 atom stereocenters. The third-order valence-electron chi connectivity index (χ3n) is 7.27. The molecule has 1 heterocycles. The van der Waals surface area contributed by atoms with E-state index in [4.69, 9.17) is 18.5 Å². The number of ether oxygens (including phenoxy) is 2. The van der Waals surface area contributed by atoms with Crippen molar-refractivity contribution in [3.05, 3.63) is 46.9 Å². The highest BCUT2D eigenvalue weighted by molar-refractivity contribution is 7.47. The lowest BCUT2D eigenvalue weighted by molar-refractivity contribution is -0.683. The Labute approximate surface area is 253 Å². The summed E-state index contributed by atoms with van der Waals surface area (Å²) in [6.45, 7) is 3.68. The number of benzene rings is 1. The molecular formula is C32H55NO6PS+. The summed E-state index contributed by atoms with van der Waals surface area (Å²) in [7, 11) is -2.77. The molecule has 1 aromatic carbocycles. The number of phosphoric acid groups is 1. The molecule has 2 unspecified atom stereocenters. The first-order chi connectivity index (χ1) is 20.0. The van der Waals surface area contributed by atoms with Gasteiger partial charge in [0.05, 0.1) is 24.2 Å². The highest BCUT2D eigenvalue weighted by atomic mass is 32.1. The maximum absolute atomic E-state index is 12.6. The van der Waals surface area contributed by atoms with Crippen LogP contribution in [-0.2, 0) is 25.1 Å². The molecule has 0 bridgehead atoms. The number of para-hydroxylation sites is 1. The topological polar surface area (TPSA) is 78.1 Å². The minimum atomic E-state index is -4.32. The van der Waals surface area contributed by atoms with Crippen LogP contribution in [0.15, 0.2) is 41.4 Å². The van der Waals surface area contributed by atoms with Gasteiger partial charge in [-0.3, -0.25) is 9.42 Å². The van der Waals surface area contributed by atoms with Gasteiger partial charge in [0.2, 0.25) is 5.51 Å². The monoisotopic (exact) mass is 612 g/mol. The second-order valence-electron chi connectivity index (χ2n) is 10.9. The van der Waals surface area contributed by atoms with Gasteiger partial charge in [0.1, 0.15) is 11.9 Å². The first-order valence-electron chi connectivity index (χ1n) is 15.8. The van der Waals surface area contributed by atoms with E-state index in [2.05, 4.69) is 6.92 Å². The summed E-state index contributed by atoms with van der Waals surface area (Å²) >= 11 is 1.58. The Morgan fingerprint density at radius 1 is 0.854 bits per heavy atom. The molecule has 234 valence electrons. The van der Waals surface area contributed by atoms with E-state index in [0.29, 0.717) is 25.5 Å². The number of rotatable bonds is 27. The molecule has 0 aliphatic carbocycles. The van der Waals surface area contributed by atoms with E-state index < -0.39 is 13.9 Å². The fraction of sp³-hybridized carbons (Fsp3) is 0.719. The molecule has 2 aromatic rings. The number of aromatic nitrogens is 1. The molecule has 1 aromatic heterocycles. The lowest BCUT2D eigenvalue weighted by Gasteiger charge is -2.19. The van der Waals surface area contributed by atoms with E-state index in [1.165, 1.54) is 89.9 Å². The lowest BCUT2D eigenvalue weighted by atomic mass is 10.0. The largest absolute Gasteiger partial charge is 0.527 e. The Hall–Kier alpha value is -1.28. The van der Waals surface area contributed by atoms with Crippen molar-refractivity contribution in [3.8, 4) is 5.75 Å². The van der Waals surface area contributed by atoms with Crippen LogP contribution in [0.5, 0.6) is 5.75 Å². The molecule has 2 rings (SSSR count). The smallest absolute Gasteiger partial charge is 0.404 e. The molecule has 9 heteroatoms. The van der Waals surface area contributed by atoms with E-state index in [0.717, 1.165) is 18.4 Å². The molecule has 0 spiro atoms. The highest BCUT2D eigenvalue weighted by Crippen LogP contribution is 2.45. The molecule has 41 heavy (non-hydrogen) atoms. The zero-order valence-electron chi connectivity index (χ0n) is 25.6. The van der Waals surface area contributed by atoms with Crippen molar-refractivity contribution >= 4 is 19.2 Å². The van der Waals surface area contributed by atoms with Crippen LogP contribution < -0.4 is 9.09 Å². The van der Waals surface area contributed by atoms with Gasteiger partial charge in [0.25, 0.3) is 0 Å². The maximum atomic E-state index is 12.6. The quantitative estimate of drug-likeness (QED) is 0.0617. The van der Waals surface area contributed by atoms with Gasteiger partial charge < -0.3 is 14.0 Å². The van der Waals surface area contributed by atoms with E-state index in [9.17, 15) is 9.46 Å². The predicted octanol–water partition coefficient (Wildman–Crippen LogP) is 8.87. The molecule has 0 fully saturated rings. The summed E-state index contributed by atoms with van der Waals surface area (Å²) < 4.78 is 36.4. The Morgan fingerprint density at radius 3 is 2.00 bits per heavy atom. The zero-order valence-corrected chi connectivity index (χ0v) is 27.3. The Balaban J connectivity index is 1.46. The number of unbranched alkanes of at least 4 members (excludes halogenated alkanes) is 15. The van der Waals surface area contributed by atoms with Crippen LogP contribution in [-0.4, -0.2) is 37.9 Å². The molecule has 1 N–H and O–H groups in total. The SMILES string of the molecule is CCCCCCCCCCCCCCCCCCOCC(COP(=O)(O)Oc1ccccc1C[n+]1ccsc1)OC. The van der Waals surface area contributed by atoms with Crippen LogP contribution in [0.1, 0.15) is 115 Å². The number of methoxy groups -OCH3 is 1. The van der Waals surface area contributed by atoms with Crippen molar-refractivity contribution < 1.29 is 32.5 Å². The summed E-state index contributed by atoms with van der Waals surface area (Å²) in [6.07, 6.45) is 22.9. The van der Waals surface area contributed by atoms with Crippen molar-refractivity contribution in [3.63, 3.8) is 0 Å². The number of thiazole rings is 1. The molecule has 0 amide bonds. The number of hydrogen-bond donors (Lipinski definition) is 1. The van der Waals surface area contributed by atoms with E-state index in [1.807, 2.05) is 33.8 Å². The van der Waals surface area contributed by atoms with Crippen LogP contribution in [0.4, 0.5) is 0 Å². The standard InChI is InChI=1S/C32H54NO6PS/c1-3-4-5-6-7-8-9-10-11-12-13-14-15-16-17-20-24-37-27-31(36-2)28-38-40(34,35)39-32-22-19-18-21-30(32)26-33-23-25-41-29-33/h18-19,21-23,25,29,31H,3-17,20,24,26-28H2,1-2H3/p+1. The minimum Gasteiger partial charge on any atom is -0.404 e. The zero-order chi connectivity index (χ0) is 29.4. The van der Waals surface area contributed by atoms with Crippen LogP contribution in [0.3, 0.4) is 0 Å². The summed E-state index contributed by atoms with van der Waals surface area (Å²) in [5.74, 6) is 0.325. The summed E-state index contributed by atoms with van der Waals surface area (Å²) in [5.41, 5.74) is 2.76. The summed E-state index contributed by atoms with van der Waals surface area (Å²) in [6, 6.07) is 7.17. The second-order valence-corrected chi connectivity index (χ2v) is 13.0. The summed E-state index contributed by atoms with van der Waals surface area (Å²) in [4.78, 5) is 10.3. The van der Waals surface area contributed by atoms with Crippen molar-refractivity contribution in [1.82, 2.24) is 0 Å². The van der Waals surface area contributed by atoms with Gasteiger partial charge in [-0.1, -0.05) is 127 Å². The van der Waals surface area contributed by atoms with Gasteiger partial charge in [-0.2, -0.15) is 4.57 Å². The van der Waals surface area contributed by atoms with Crippen molar-refractivity contribution in [2.45, 2.75) is 122 Å². The third-order valence-corrected chi connectivity index (χ3v) is 8.84. The predicted molar refractivity (Wildman–Crippen MR) is 168 cm³/mol. The fourth-order valence-corrected chi connectivity index (χ4v) is 6.18. The highest BCUT2D eigenvalue weighted by Gasteiger charge is 2.27. The molecule has 0 saturated carbocycles. The van der Waals surface area contributed by atoms with Crippen molar-refractivity contribution in [1.29, 1.82) is 0 Å².